The number of carboxylic acids is 1. The van der Waals surface area contributed by atoms with Crippen molar-refractivity contribution < 1.29 is 24.2 Å². The van der Waals surface area contributed by atoms with Gasteiger partial charge in [-0.05, 0) is 28.8 Å². The Balaban J connectivity index is 1.76. The molecule has 1 aliphatic rings. The molecule has 0 bridgehead atoms. The number of nitrogens with zero attached hydrogens (tertiary/aromatic N) is 1. The smallest absolute Gasteiger partial charge is 0.312 e. The quantitative estimate of drug-likeness (QED) is 0.894. The van der Waals surface area contributed by atoms with Crippen molar-refractivity contribution in [3.63, 3.8) is 0 Å². The summed E-state index contributed by atoms with van der Waals surface area (Å²) in [5.74, 6) is -2.63. The van der Waals surface area contributed by atoms with Crippen LogP contribution in [-0.4, -0.2) is 33.5 Å². The van der Waals surface area contributed by atoms with Crippen LogP contribution in [0, 0.1) is 5.82 Å². The number of aliphatic hydroxyl groups excluding tert-OH is 1. The Morgan fingerprint density at radius 3 is 2.68 bits per heavy atom. The Morgan fingerprint density at radius 1 is 1.20 bits per heavy atom. The number of carbonyl (C=O) groups is 2. The lowest BCUT2D eigenvalue weighted by atomic mass is 9.89. The Morgan fingerprint density at radius 2 is 1.96 bits per heavy atom. The molecule has 6 heteroatoms. The van der Waals surface area contributed by atoms with Gasteiger partial charge in [0.05, 0.1) is 18.4 Å². The molecule has 2 atom stereocenters. The minimum atomic E-state index is -1.14. The summed E-state index contributed by atoms with van der Waals surface area (Å²) in [6, 6.07) is 12.6. The minimum absolute atomic E-state index is 0.0566. The van der Waals surface area contributed by atoms with Crippen molar-refractivity contribution in [3.05, 3.63) is 71.0 Å². The molecule has 0 aliphatic carbocycles. The third-order valence-electron chi connectivity index (χ3n) is 4.45. The van der Waals surface area contributed by atoms with E-state index in [1.165, 1.54) is 23.1 Å². The Hall–Kier alpha value is -2.73. The fraction of sp³-hybridized carbons (Fsp3) is 0.263. The van der Waals surface area contributed by atoms with Crippen LogP contribution in [0.3, 0.4) is 0 Å². The van der Waals surface area contributed by atoms with Crippen LogP contribution in [0.25, 0.3) is 0 Å². The number of aliphatic carboxylic acids is 1. The Kier molecular flexibility index (Phi) is 4.81. The molecule has 1 aliphatic heterocycles. The maximum absolute atomic E-state index is 13.3. The van der Waals surface area contributed by atoms with E-state index < -0.39 is 23.8 Å². The molecule has 0 spiro atoms. The van der Waals surface area contributed by atoms with Crippen LogP contribution in [0.4, 0.5) is 4.39 Å². The number of hydrogen-bond donors (Lipinski definition) is 2. The number of benzene rings is 2. The van der Waals surface area contributed by atoms with Gasteiger partial charge < -0.3 is 15.1 Å². The normalized spacial score (nSPS) is 17.7. The molecular weight excluding hydrogens is 325 g/mol. The number of amides is 1. The predicted octanol–water partition coefficient (Wildman–Crippen LogP) is 2.46. The van der Waals surface area contributed by atoms with E-state index in [0.29, 0.717) is 17.7 Å². The standard InChI is InChI=1S/C19H18FNO4/c20-14-6-3-5-12(8-14)17(22)9-18(23)21-10-13-4-1-2-7-15(13)16(11-21)19(24)25/h1-8,16-17,22H,9-11H2,(H,24,25). The van der Waals surface area contributed by atoms with E-state index in [0.717, 1.165) is 5.56 Å². The number of rotatable bonds is 4. The zero-order valence-electron chi connectivity index (χ0n) is 13.4. The third-order valence-corrected chi connectivity index (χ3v) is 4.45. The maximum Gasteiger partial charge on any atom is 0.312 e. The van der Waals surface area contributed by atoms with Gasteiger partial charge in [0.2, 0.25) is 5.91 Å². The van der Waals surface area contributed by atoms with E-state index in [-0.39, 0.29) is 18.9 Å². The zero-order chi connectivity index (χ0) is 18.0. The summed E-state index contributed by atoms with van der Waals surface area (Å²) in [5, 5.41) is 19.6. The van der Waals surface area contributed by atoms with Crippen LogP contribution < -0.4 is 0 Å². The first-order chi connectivity index (χ1) is 12.0. The van der Waals surface area contributed by atoms with Crippen molar-refractivity contribution in [2.24, 2.45) is 0 Å². The van der Waals surface area contributed by atoms with Crippen molar-refractivity contribution in [1.29, 1.82) is 0 Å². The fourth-order valence-electron chi connectivity index (χ4n) is 3.13. The highest BCUT2D eigenvalue weighted by Crippen LogP contribution is 2.30. The van der Waals surface area contributed by atoms with Gasteiger partial charge in [0.15, 0.2) is 0 Å². The molecule has 0 aromatic heterocycles. The molecule has 2 aromatic carbocycles. The lowest BCUT2D eigenvalue weighted by Crippen LogP contribution is -2.41. The molecule has 3 rings (SSSR count). The number of carboxylic acid groups (broad SMARTS) is 1. The zero-order valence-corrected chi connectivity index (χ0v) is 13.4. The summed E-state index contributed by atoms with van der Waals surface area (Å²) in [5.41, 5.74) is 1.82. The van der Waals surface area contributed by atoms with Gasteiger partial charge in [-0.3, -0.25) is 9.59 Å². The van der Waals surface area contributed by atoms with Gasteiger partial charge in [-0.25, -0.2) is 4.39 Å². The van der Waals surface area contributed by atoms with Crippen LogP contribution in [0.5, 0.6) is 0 Å². The molecular formula is C19H18FNO4. The molecule has 0 radical (unpaired) electrons. The van der Waals surface area contributed by atoms with Gasteiger partial charge in [0.1, 0.15) is 5.82 Å². The largest absolute Gasteiger partial charge is 0.481 e. The first-order valence-electron chi connectivity index (χ1n) is 7.97. The van der Waals surface area contributed by atoms with E-state index in [1.54, 1.807) is 30.3 Å². The molecule has 130 valence electrons. The third kappa shape index (κ3) is 3.69. The number of aliphatic hydroxyl groups is 1. The fourth-order valence-corrected chi connectivity index (χ4v) is 3.13. The minimum Gasteiger partial charge on any atom is -0.481 e. The molecule has 2 unspecified atom stereocenters. The molecule has 0 saturated heterocycles. The molecule has 0 fully saturated rings. The van der Waals surface area contributed by atoms with Crippen molar-refractivity contribution >= 4 is 11.9 Å². The van der Waals surface area contributed by atoms with E-state index in [9.17, 15) is 24.2 Å². The van der Waals surface area contributed by atoms with E-state index in [2.05, 4.69) is 0 Å². The topological polar surface area (TPSA) is 77.8 Å². The van der Waals surface area contributed by atoms with Crippen LogP contribution in [-0.2, 0) is 16.1 Å². The summed E-state index contributed by atoms with van der Waals surface area (Å²) in [4.78, 5) is 25.5. The SMILES string of the molecule is O=C(O)C1CN(C(=O)CC(O)c2cccc(F)c2)Cc2ccccc21. The molecule has 1 amide bonds. The molecule has 2 aromatic rings. The van der Waals surface area contributed by atoms with E-state index in [1.807, 2.05) is 0 Å². The number of hydrogen-bond acceptors (Lipinski definition) is 3. The van der Waals surface area contributed by atoms with E-state index >= 15 is 0 Å². The average Bonchev–Trinajstić information content (AvgIpc) is 2.60. The number of halogens is 1. The summed E-state index contributed by atoms with van der Waals surface area (Å²) in [7, 11) is 0. The lowest BCUT2D eigenvalue weighted by Gasteiger charge is -2.33. The summed E-state index contributed by atoms with van der Waals surface area (Å²) < 4.78 is 13.3. The second kappa shape index (κ2) is 7.03. The highest BCUT2D eigenvalue weighted by atomic mass is 19.1. The van der Waals surface area contributed by atoms with Gasteiger partial charge in [-0.15, -0.1) is 0 Å². The van der Waals surface area contributed by atoms with Crippen molar-refractivity contribution in [2.75, 3.05) is 6.54 Å². The summed E-state index contributed by atoms with van der Waals surface area (Å²) in [6.07, 6.45) is -1.36. The van der Waals surface area contributed by atoms with Crippen LogP contribution >= 0.6 is 0 Å². The molecule has 1 heterocycles. The van der Waals surface area contributed by atoms with Gasteiger partial charge >= 0.3 is 5.97 Å². The first-order valence-corrected chi connectivity index (χ1v) is 7.97. The van der Waals surface area contributed by atoms with Crippen molar-refractivity contribution in [2.45, 2.75) is 25.0 Å². The first kappa shape index (κ1) is 17.1. The second-order valence-corrected chi connectivity index (χ2v) is 6.14. The van der Waals surface area contributed by atoms with E-state index in [4.69, 9.17) is 0 Å². The Bertz CT molecular complexity index is 808. The highest BCUT2D eigenvalue weighted by Gasteiger charge is 2.32. The van der Waals surface area contributed by atoms with Gasteiger partial charge in [0, 0.05) is 13.1 Å². The van der Waals surface area contributed by atoms with Crippen molar-refractivity contribution in [3.8, 4) is 0 Å². The lowest BCUT2D eigenvalue weighted by molar-refractivity contribution is -0.141. The van der Waals surface area contributed by atoms with Gasteiger partial charge in [0.25, 0.3) is 0 Å². The van der Waals surface area contributed by atoms with Crippen LogP contribution in [0.1, 0.15) is 35.1 Å². The Labute approximate surface area is 144 Å². The predicted molar refractivity (Wildman–Crippen MR) is 88.2 cm³/mol. The monoisotopic (exact) mass is 343 g/mol. The molecule has 25 heavy (non-hydrogen) atoms. The summed E-state index contributed by atoms with van der Waals surface area (Å²) >= 11 is 0. The maximum atomic E-state index is 13.3. The average molecular weight is 343 g/mol. The number of fused-ring (bicyclic) bond motifs is 1. The van der Waals surface area contributed by atoms with Gasteiger partial charge in [-0.1, -0.05) is 36.4 Å². The highest BCUT2D eigenvalue weighted by molar-refractivity contribution is 5.82. The second-order valence-electron chi connectivity index (χ2n) is 6.14. The van der Waals surface area contributed by atoms with Crippen LogP contribution in [0.15, 0.2) is 48.5 Å². The molecule has 0 saturated carbocycles. The van der Waals surface area contributed by atoms with Crippen molar-refractivity contribution in [1.82, 2.24) is 4.90 Å². The molecule has 2 N–H and O–H groups in total. The van der Waals surface area contributed by atoms with Crippen LogP contribution in [0.2, 0.25) is 0 Å². The number of carbonyl (C=O) groups excluding carboxylic acids is 1. The summed E-state index contributed by atoms with van der Waals surface area (Å²) in [6.45, 7) is 0.357. The molecule has 5 nitrogen and oxygen atoms in total. The van der Waals surface area contributed by atoms with Gasteiger partial charge in [-0.2, -0.15) is 0 Å².